The molecule has 2 rings (SSSR count). The third kappa shape index (κ3) is 9.06. The van der Waals surface area contributed by atoms with Gasteiger partial charge >= 0.3 is 6.61 Å². The maximum absolute atomic E-state index is 13.3. The topological polar surface area (TPSA) is 105 Å². The molecule has 11 heteroatoms. The number of likely N-dealkylation sites (N-methyl/N-ethyl adjacent to an activating group) is 3. The summed E-state index contributed by atoms with van der Waals surface area (Å²) in [6.45, 7) is 4.66. The summed E-state index contributed by atoms with van der Waals surface area (Å²) in [6.07, 6.45) is 10.4. The van der Waals surface area contributed by atoms with Gasteiger partial charge in [0.05, 0.1) is 11.4 Å². The first-order valence-electron chi connectivity index (χ1n) is 12.7. The van der Waals surface area contributed by atoms with Crippen LogP contribution in [0.2, 0.25) is 0 Å². The fourth-order valence-corrected chi connectivity index (χ4v) is 3.95. The Balaban J connectivity index is 2.47. The van der Waals surface area contributed by atoms with Gasteiger partial charge in [-0.3, -0.25) is 9.79 Å². The molecule has 0 saturated carbocycles. The highest BCUT2D eigenvalue weighted by atomic mass is 19.3. The van der Waals surface area contributed by atoms with E-state index in [9.17, 15) is 13.6 Å². The molecule has 0 saturated heterocycles. The SMILES string of the molecule is C=CC(=O)Nc1cc(N=CC=C(NC)C2C=C(NC)C(C=N)=CC2)c(OC(F)F)cc1N(C)CCN(C)CC. The van der Waals surface area contributed by atoms with Gasteiger partial charge in [0.1, 0.15) is 5.69 Å². The summed E-state index contributed by atoms with van der Waals surface area (Å²) in [4.78, 5) is 20.5. The quantitative estimate of drug-likeness (QED) is 0.194. The molecule has 1 unspecified atom stereocenters. The lowest BCUT2D eigenvalue weighted by Crippen LogP contribution is -2.31. The second-order valence-corrected chi connectivity index (χ2v) is 8.85. The average molecular weight is 544 g/mol. The van der Waals surface area contributed by atoms with Crippen LogP contribution in [0.15, 0.2) is 65.0 Å². The fraction of sp³-hybridized carbons (Fsp3) is 0.393. The maximum Gasteiger partial charge on any atom is 0.387 e. The summed E-state index contributed by atoms with van der Waals surface area (Å²) in [6, 6.07) is 2.97. The number of amides is 1. The van der Waals surface area contributed by atoms with Crippen LogP contribution in [0.5, 0.6) is 5.75 Å². The number of nitrogens with one attached hydrogen (secondary N) is 4. The van der Waals surface area contributed by atoms with Crippen LogP contribution in [0.25, 0.3) is 0 Å². The van der Waals surface area contributed by atoms with Gasteiger partial charge in [0, 0.05) is 75.6 Å². The van der Waals surface area contributed by atoms with E-state index >= 15 is 0 Å². The van der Waals surface area contributed by atoms with Crippen molar-refractivity contribution in [1.82, 2.24) is 15.5 Å². The van der Waals surface area contributed by atoms with Crippen LogP contribution in [0.3, 0.4) is 0 Å². The van der Waals surface area contributed by atoms with Crippen LogP contribution in [0.4, 0.5) is 25.8 Å². The Morgan fingerprint density at radius 2 is 2.05 bits per heavy atom. The maximum atomic E-state index is 13.3. The number of carbonyl (C=O) groups is 1. The Morgan fingerprint density at radius 3 is 2.64 bits per heavy atom. The number of hydrogen-bond acceptors (Lipinski definition) is 8. The van der Waals surface area contributed by atoms with Crippen LogP contribution in [0.1, 0.15) is 13.3 Å². The number of allylic oxidation sites excluding steroid dienone is 4. The molecule has 0 spiro atoms. The molecule has 4 N–H and O–H groups in total. The van der Waals surface area contributed by atoms with Crippen molar-refractivity contribution < 1.29 is 18.3 Å². The number of benzene rings is 1. The monoisotopic (exact) mass is 543 g/mol. The highest BCUT2D eigenvalue weighted by Crippen LogP contribution is 2.39. The van der Waals surface area contributed by atoms with Crippen LogP contribution in [-0.2, 0) is 4.79 Å². The normalized spacial score (nSPS) is 15.6. The number of anilines is 2. The number of hydrogen-bond donors (Lipinski definition) is 4. The van der Waals surface area contributed by atoms with Crippen LogP contribution >= 0.6 is 0 Å². The number of carbonyl (C=O) groups excluding carboxylic acids is 1. The zero-order valence-electron chi connectivity index (χ0n) is 23.2. The van der Waals surface area contributed by atoms with E-state index in [2.05, 4.69) is 32.4 Å². The summed E-state index contributed by atoms with van der Waals surface area (Å²) in [5, 5.41) is 16.6. The number of nitrogens with zero attached hydrogens (tertiary/aromatic N) is 3. The van der Waals surface area contributed by atoms with Crippen LogP contribution < -0.4 is 25.6 Å². The molecule has 1 atom stereocenters. The van der Waals surface area contributed by atoms with Crippen molar-refractivity contribution in [2.75, 3.05) is 58.0 Å². The summed E-state index contributed by atoms with van der Waals surface area (Å²) in [5.41, 5.74) is 3.54. The first kappa shape index (κ1) is 31.2. The number of alkyl halides is 2. The molecule has 212 valence electrons. The summed E-state index contributed by atoms with van der Waals surface area (Å²) in [5.74, 6) is -0.549. The Hall–Kier alpha value is -3.99. The number of ether oxygens (including phenoxy) is 1. The van der Waals surface area contributed by atoms with E-state index in [-0.39, 0.29) is 17.4 Å². The smallest absolute Gasteiger partial charge is 0.387 e. The van der Waals surface area contributed by atoms with Crippen molar-refractivity contribution in [3.8, 4) is 5.75 Å². The van der Waals surface area contributed by atoms with E-state index < -0.39 is 12.5 Å². The van der Waals surface area contributed by atoms with Gasteiger partial charge in [-0.2, -0.15) is 8.78 Å². The molecule has 0 fully saturated rings. The first-order chi connectivity index (χ1) is 18.7. The molecule has 1 aromatic rings. The zero-order chi connectivity index (χ0) is 28.9. The first-order valence-corrected chi connectivity index (χ1v) is 12.7. The van der Waals surface area contributed by atoms with Crippen molar-refractivity contribution in [2.45, 2.75) is 20.0 Å². The van der Waals surface area contributed by atoms with Crippen molar-refractivity contribution >= 4 is 35.4 Å². The zero-order valence-corrected chi connectivity index (χ0v) is 23.2. The molecule has 1 aliphatic carbocycles. The van der Waals surface area contributed by atoms with Gasteiger partial charge in [-0.1, -0.05) is 25.7 Å². The van der Waals surface area contributed by atoms with E-state index in [4.69, 9.17) is 10.1 Å². The second kappa shape index (κ2) is 15.4. The molecular weight excluding hydrogens is 504 g/mol. The van der Waals surface area contributed by atoms with Gasteiger partial charge in [-0.15, -0.1) is 0 Å². The van der Waals surface area contributed by atoms with Crippen molar-refractivity contribution in [2.24, 2.45) is 10.9 Å². The minimum Gasteiger partial charge on any atom is -0.432 e. The number of rotatable bonds is 15. The molecule has 0 radical (unpaired) electrons. The highest BCUT2D eigenvalue weighted by molar-refractivity contribution is 6.02. The number of halogens is 2. The molecule has 1 aliphatic rings. The Labute approximate surface area is 229 Å². The molecule has 1 aromatic carbocycles. The standard InChI is InChI=1S/C28H39F2N7O2/c1-7-27(38)35-23-16-24(26(39-28(29)30)17-25(23)37(6)14-13-36(5)8-2)34-12-11-21(32-3)19-9-10-20(18-31)22(15-19)33-4/h7,10-12,15-19,28,31-33H,1,8-9,13-14H2,2-6H3,(H,35,38). The third-order valence-electron chi connectivity index (χ3n) is 6.36. The molecule has 0 aliphatic heterocycles. The predicted octanol–water partition coefficient (Wildman–Crippen LogP) is 4.31. The Morgan fingerprint density at radius 1 is 1.31 bits per heavy atom. The lowest BCUT2D eigenvalue weighted by Gasteiger charge is -2.26. The van der Waals surface area contributed by atoms with Gasteiger partial charge in [0.2, 0.25) is 5.91 Å². The van der Waals surface area contributed by atoms with Crippen LogP contribution in [0, 0.1) is 11.3 Å². The van der Waals surface area contributed by atoms with Gasteiger partial charge in [-0.05, 0) is 38.2 Å². The minimum absolute atomic E-state index is 0.00380. The number of aliphatic imine (C=N–C) groups is 1. The molecule has 9 nitrogen and oxygen atoms in total. The average Bonchev–Trinajstić information content (AvgIpc) is 2.93. The molecular formula is C28H39F2N7O2. The second-order valence-electron chi connectivity index (χ2n) is 8.85. The van der Waals surface area contributed by atoms with E-state index in [0.717, 1.165) is 36.1 Å². The summed E-state index contributed by atoms with van der Waals surface area (Å²) >= 11 is 0. The fourth-order valence-electron chi connectivity index (χ4n) is 3.95. The Kier molecular flexibility index (Phi) is 12.4. The van der Waals surface area contributed by atoms with Gasteiger partial charge < -0.3 is 35.9 Å². The molecule has 0 bridgehead atoms. The minimum atomic E-state index is -3.05. The van der Waals surface area contributed by atoms with Crippen molar-refractivity contribution in [3.63, 3.8) is 0 Å². The summed E-state index contributed by atoms with van der Waals surface area (Å²) in [7, 11) is 7.38. The third-order valence-corrected chi connectivity index (χ3v) is 6.36. The molecule has 1 amide bonds. The molecule has 0 heterocycles. The molecule has 0 aromatic heterocycles. The van der Waals surface area contributed by atoms with E-state index in [1.807, 2.05) is 38.1 Å². The van der Waals surface area contributed by atoms with E-state index in [0.29, 0.717) is 24.3 Å². The van der Waals surface area contributed by atoms with Gasteiger partial charge in [0.25, 0.3) is 0 Å². The lowest BCUT2D eigenvalue weighted by atomic mass is 9.91. The highest BCUT2D eigenvalue weighted by Gasteiger charge is 2.19. The van der Waals surface area contributed by atoms with Crippen LogP contribution in [-0.4, -0.2) is 77.7 Å². The Bertz CT molecular complexity index is 1140. The van der Waals surface area contributed by atoms with E-state index in [1.54, 1.807) is 20.2 Å². The van der Waals surface area contributed by atoms with Gasteiger partial charge in [-0.25, -0.2) is 0 Å². The summed E-state index contributed by atoms with van der Waals surface area (Å²) < 4.78 is 31.5. The molecule has 39 heavy (non-hydrogen) atoms. The van der Waals surface area contributed by atoms with Crippen molar-refractivity contribution in [3.05, 3.63) is 60.0 Å². The van der Waals surface area contributed by atoms with Crippen molar-refractivity contribution in [1.29, 1.82) is 5.41 Å². The predicted molar refractivity (Wildman–Crippen MR) is 156 cm³/mol. The van der Waals surface area contributed by atoms with E-state index in [1.165, 1.54) is 24.6 Å². The largest absolute Gasteiger partial charge is 0.432 e. The lowest BCUT2D eigenvalue weighted by molar-refractivity contribution is -0.111. The van der Waals surface area contributed by atoms with Gasteiger partial charge in [0.15, 0.2) is 5.75 Å².